The Bertz CT molecular complexity index is 984. The zero-order chi connectivity index (χ0) is 20.1. The van der Waals surface area contributed by atoms with Crippen molar-refractivity contribution in [3.05, 3.63) is 59.3 Å². The Morgan fingerprint density at radius 2 is 1.79 bits per heavy atom. The number of ether oxygens (including phenoxy) is 2. The van der Waals surface area contributed by atoms with Crippen LogP contribution in [0.1, 0.15) is 21.6 Å². The Morgan fingerprint density at radius 1 is 1.14 bits per heavy atom. The number of nitrogens with zero attached hydrogens (tertiary/aromatic N) is 2. The number of aromatic amines is 1. The highest BCUT2D eigenvalue weighted by molar-refractivity contribution is 5.94. The Kier molecular flexibility index (Phi) is 5.59. The minimum atomic E-state index is -0.431. The fraction of sp³-hybridized carbons (Fsp3) is 0.150. The topological polar surface area (TPSA) is 109 Å². The highest BCUT2D eigenvalue weighted by Gasteiger charge is 2.12. The van der Waals surface area contributed by atoms with Crippen molar-refractivity contribution in [2.24, 2.45) is 5.10 Å². The van der Waals surface area contributed by atoms with Gasteiger partial charge in [-0.15, -0.1) is 0 Å². The van der Waals surface area contributed by atoms with E-state index in [1.807, 2.05) is 31.2 Å². The molecule has 1 aromatic heterocycles. The first-order valence-corrected chi connectivity index (χ1v) is 8.42. The van der Waals surface area contributed by atoms with E-state index in [9.17, 15) is 9.90 Å². The van der Waals surface area contributed by atoms with E-state index in [-0.39, 0.29) is 22.9 Å². The summed E-state index contributed by atoms with van der Waals surface area (Å²) in [6.45, 7) is 2.00. The smallest absolute Gasteiger partial charge is 0.289 e. The van der Waals surface area contributed by atoms with Crippen molar-refractivity contribution in [2.75, 3.05) is 14.2 Å². The molecule has 0 saturated heterocycles. The van der Waals surface area contributed by atoms with Gasteiger partial charge in [0.05, 0.1) is 26.1 Å². The standard InChI is InChI=1S/C20H20N4O4/c1-12-4-6-14(7-5-12)15-10-16(23-22-15)20(26)24-21-11-13-8-17(27-2)19(25)18(9-13)28-3/h4-11,25H,1-3H3,(H,22,23)(H,24,26)/b21-11+. The van der Waals surface area contributed by atoms with E-state index in [4.69, 9.17) is 9.47 Å². The van der Waals surface area contributed by atoms with Crippen LogP contribution >= 0.6 is 0 Å². The average molecular weight is 380 g/mol. The molecule has 0 bridgehead atoms. The molecular formula is C20H20N4O4. The van der Waals surface area contributed by atoms with Gasteiger partial charge in [0, 0.05) is 11.1 Å². The SMILES string of the molecule is COc1cc(/C=N/NC(=O)c2cc(-c3ccc(C)cc3)n[nH]2)cc(OC)c1O. The summed E-state index contributed by atoms with van der Waals surface area (Å²) in [7, 11) is 2.86. The number of phenols is 1. The molecule has 0 fully saturated rings. The fourth-order valence-electron chi connectivity index (χ4n) is 2.52. The van der Waals surface area contributed by atoms with E-state index in [0.717, 1.165) is 11.1 Å². The van der Waals surface area contributed by atoms with Crippen LogP contribution in [0.3, 0.4) is 0 Å². The second-order valence-electron chi connectivity index (χ2n) is 6.01. The van der Waals surface area contributed by atoms with Gasteiger partial charge < -0.3 is 14.6 Å². The molecular weight excluding hydrogens is 360 g/mol. The zero-order valence-corrected chi connectivity index (χ0v) is 15.7. The second kappa shape index (κ2) is 8.26. The van der Waals surface area contributed by atoms with Gasteiger partial charge in [-0.25, -0.2) is 5.43 Å². The summed E-state index contributed by atoms with van der Waals surface area (Å²) in [5, 5.41) is 20.7. The summed E-state index contributed by atoms with van der Waals surface area (Å²) in [4.78, 5) is 12.2. The molecule has 0 saturated carbocycles. The average Bonchev–Trinajstić information content (AvgIpc) is 3.19. The number of aromatic hydroxyl groups is 1. The molecule has 0 aliphatic carbocycles. The molecule has 1 heterocycles. The molecule has 1 amide bonds. The molecule has 28 heavy (non-hydrogen) atoms. The first kappa shape index (κ1) is 19.0. The molecule has 3 aromatic rings. The lowest BCUT2D eigenvalue weighted by molar-refractivity contribution is 0.0950. The lowest BCUT2D eigenvalue weighted by Crippen LogP contribution is -2.18. The number of hydrogen-bond donors (Lipinski definition) is 3. The summed E-state index contributed by atoms with van der Waals surface area (Å²) >= 11 is 0. The first-order valence-electron chi connectivity index (χ1n) is 8.42. The van der Waals surface area contributed by atoms with Crippen molar-refractivity contribution < 1.29 is 19.4 Å². The normalized spacial score (nSPS) is 10.8. The van der Waals surface area contributed by atoms with E-state index < -0.39 is 5.91 Å². The van der Waals surface area contributed by atoms with Gasteiger partial charge in [-0.2, -0.15) is 10.2 Å². The highest BCUT2D eigenvalue weighted by Crippen LogP contribution is 2.36. The second-order valence-corrected chi connectivity index (χ2v) is 6.01. The van der Waals surface area contributed by atoms with E-state index >= 15 is 0 Å². The van der Waals surface area contributed by atoms with E-state index in [2.05, 4.69) is 20.7 Å². The molecule has 144 valence electrons. The Hall–Kier alpha value is -3.81. The molecule has 0 spiro atoms. The summed E-state index contributed by atoms with van der Waals surface area (Å²) in [6, 6.07) is 12.6. The Labute approximate surface area is 161 Å². The van der Waals surface area contributed by atoms with Crippen LogP contribution in [0.25, 0.3) is 11.3 Å². The van der Waals surface area contributed by atoms with E-state index in [1.54, 1.807) is 18.2 Å². The summed E-state index contributed by atoms with van der Waals surface area (Å²) in [5.74, 6) is -0.0565. The monoisotopic (exact) mass is 380 g/mol. The molecule has 8 nitrogen and oxygen atoms in total. The van der Waals surface area contributed by atoms with Crippen molar-refractivity contribution in [1.29, 1.82) is 0 Å². The number of hydrogen-bond acceptors (Lipinski definition) is 6. The quantitative estimate of drug-likeness (QED) is 0.450. The maximum atomic E-state index is 12.2. The minimum absolute atomic E-state index is 0.104. The maximum absolute atomic E-state index is 12.2. The number of phenolic OH excluding ortho intramolecular Hbond substituents is 1. The van der Waals surface area contributed by atoms with Gasteiger partial charge in [0.1, 0.15) is 5.69 Å². The first-order chi connectivity index (χ1) is 13.5. The third-order valence-electron chi connectivity index (χ3n) is 4.05. The van der Waals surface area contributed by atoms with Crippen molar-refractivity contribution in [3.8, 4) is 28.5 Å². The molecule has 2 aromatic carbocycles. The third-order valence-corrected chi connectivity index (χ3v) is 4.05. The molecule has 3 rings (SSSR count). The van der Waals surface area contributed by atoms with E-state index in [0.29, 0.717) is 11.3 Å². The number of carbonyl (C=O) groups is 1. The predicted octanol–water partition coefficient (Wildman–Crippen LogP) is 2.87. The number of H-pyrrole nitrogens is 1. The van der Waals surface area contributed by atoms with E-state index in [1.165, 1.54) is 20.4 Å². The van der Waals surface area contributed by atoms with Gasteiger partial charge in [-0.1, -0.05) is 29.8 Å². The van der Waals surface area contributed by atoms with Crippen LogP contribution < -0.4 is 14.9 Å². The largest absolute Gasteiger partial charge is 0.502 e. The van der Waals surface area contributed by atoms with Gasteiger partial charge in [-0.3, -0.25) is 9.89 Å². The summed E-state index contributed by atoms with van der Waals surface area (Å²) in [5.41, 5.74) is 6.02. The number of nitrogens with one attached hydrogen (secondary N) is 2. The van der Waals surface area contributed by atoms with Crippen molar-refractivity contribution in [2.45, 2.75) is 6.92 Å². The van der Waals surface area contributed by atoms with Crippen LogP contribution in [0.5, 0.6) is 17.2 Å². The van der Waals surface area contributed by atoms with Crippen molar-refractivity contribution in [3.63, 3.8) is 0 Å². The van der Waals surface area contributed by atoms with Crippen LogP contribution in [0.2, 0.25) is 0 Å². The number of aryl methyl sites for hydroxylation is 1. The number of carbonyl (C=O) groups excluding carboxylic acids is 1. The number of hydrazone groups is 1. The van der Waals surface area contributed by atoms with Crippen LogP contribution in [0.4, 0.5) is 0 Å². The molecule has 0 aliphatic heterocycles. The predicted molar refractivity (Wildman–Crippen MR) is 105 cm³/mol. The van der Waals surface area contributed by atoms with Crippen LogP contribution in [0.15, 0.2) is 47.6 Å². The van der Waals surface area contributed by atoms with Crippen LogP contribution in [0, 0.1) is 6.92 Å². The van der Waals surface area contributed by atoms with Gasteiger partial charge in [-0.05, 0) is 25.1 Å². The molecule has 8 heteroatoms. The van der Waals surface area contributed by atoms with Gasteiger partial charge >= 0.3 is 0 Å². The van der Waals surface area contributed by atoms with Crippen molar-refractivity contribution >= 4 is 12.1 Å². The summed E-state index contributed by atoms with van der Waals surface area (Å²) < 4.78 is 10.2. The maximum Gasteiger partial charge on any atom is 0.289 e. The lowest BCUT2D eigenvalue weighted by atomic mass is 10.1. The zero-order valence-electron chi connectivity index (χ0n) is 15.7. The minimum Gasteiger partial charge on any atom is -0.502 e. The van der Waals surface area contributed by atoms with Crippen molar-refractivity contribution in [1.82, 2.24) is 15.6 Å². The van der Waals surface area contributed by atoms with Gasteiger partial charge in [0.2, 0.25) is 5.75 Å². The lowest BCUT2D eigenvalue weighted by Gasteiger charge is -2.09. The number of benzene rings is 2. The summed E-state index contributed by atoms with van der Waals surface area (Å²) in [6.07, 6.45) is 1.42. The molecule has 0 radical (unpaired) electrons. The molecule has 0 aliphatic rings. The number of amides is 1. The molecule has 0 unspecified atom stereocenters. The Morgan fingerprint density at radius 3 is 2.39 bits per heavy atom. The third kappa shape index (κ3) is 4.12. The van der Waals surface area contributed by atoms with Gasteiger partial charge in [0.15, 0.2) is 11.5 Å². The highest BCUT2D eigenvalue weighted by atomic mass is 16.5. The number of methoxy groups -OCH3 is 2. The molecule has 0 atom stereocenters. The number of aromatic nitrogens is 2. The van der Waals surface area contributed by atoms with Gasteiger partial charge in [0.25, 0.3) is 5.91 Å². The Balaban J connectivity index is 1.70. The fourth-order valence-corrected chi connectivity index (χ4v) is 2.52. The van der Waals surface area contributed by atoms with Crippen LogP contribution in [-0.4, -0.2) is 41.6 Å². The molecule has 3 N–H and O–H groups in total. The van der Waals surface area contributed by atoms with Crippen LogP contribution in [-0.2, 0) is 0 Å². The number of rotatable bonds is 6.